The fraction of sp³-hybridized carbons (Fsp3) is 0.304. The van der Waals surface area contributed by atoms with E-state index in [0.717, 1.165) is 10.5 Å². The number of nitrogens with zero attached hydrogens (tertiary/aromatic N) is 3. The third-order valence-corrected chi connectivity index (χ3v) is 5.62. The fourth-order valence-corrected chi connectivity index (χ4v) is 3.65. The lowest BCUT2D eigenvalue weighted by molar-refractivity contribution is -0.192. The molecule has 1 fully saturated rings. The van der Waals surface area contributed by atoms with Gasteiger partial charge in [-0.25, -0.2) is 4.79 Å². The fourth-order valence-electron chi connectivity index (χ4n) is 3.65. The lowest BCUT2D eigenvalue weighted by Crippen LogP contribution is -2.63. The summed E-state index contributed by atoms with van der Waals surface area (Å²) in [5, 5.41) is 9.87. The van der Waals surface area contributed by atoms with Crippen molar-refractivity contribution in [3.63, 3.8) is 0 Å². The molecule has 0 spiro atoms. The third-order valence-electron chi connectivity index (χ3n) is 5.62. The van der Waals surface area contributed by atoms with Gasteiger partial charge in [0.05, 0.1) is 17.7 Å². The summed E-state index contributed by atoms with van der Waals surface area (Å²) in [6, 6.07) is 8.01. The van der Waals surface area contributed by atoms with Gasteiger partial charge >= 0.3 is 12.1 Å². The smallest absolute Gasteiger partial charge is 0.475 e. The van der Waals surface area contributed by atoms with Crippen molar-refractivity contribution in [3.8, 4) is 0 Å². The van der Waals surface area contributed by atoms with Crippen LogP contribution >= 0.6 is 0 Å². The van der Waals surface area contributed by atoms with Gasteiger partial charge in [0.2, 0.25) is 5.91 Å². The molecule has 190 valence electrons. The lowest BCUT2D eigenvalue weighted by Gasteiger charge is -2.41. The highest BCUT2D eigenvalue weighted by molar-refractivity contribution is 6.22. The Morgan fingerprint density at radius 1 is 1.11 bits per heavy atom. The largest absolute Gasteiger partial charge is 0.490 e. The highest BCUT2D eigenvalue weighted by Gasteiger charge is 2.42. The molecule has 0 saturated carbocycles. The van der Waals surface area contributed by atoms with Crippen LogP contribution in [0, 0.1) is 0 Å². The topological polar surface area (TPSA) is 137 Å². The van der Waals surface area contributed by atoms with Crippen LogP contribution in [0.2, 0.25) is 0 Å². The summed E-state index contributed by atoms with van der Waals surface area (Å²) in [6.45, 7) is 4.21. The lowest BCUT2D eigenvalue weighted by atomic mass is 9.96. The Labute approximate surface area is 202 Å². The Morgan fingerprint density at radius 2 is 1.75 bits per heavy atom. The number of aliphatic carboxylic acids is 1. The number of benzene rings is 1. The van der Waals surface area contributed by atoms with Gasteiger partial charge in [-0.05, 0) is 43.7 Å². The van der Waals surface area contributed by atoms with Crippen LogP contribution in [0.4, 0.5) is 13.2 Å². The number of alkyl halides is 3. The molecule has 2 aliphatic rings. The maximum absolute atomic E-state index is 13.0. The van der Waals surface area contributed by atoms with Gasteiger partial charge in [0, 0.05) is 31.0 Å². The first-order valence-electron chi connectivity index (χ1n) is 10.5. The highest BCUT2D eigenvalue weighted by Crippen LogP contribution is 2.27. The SMILES string of the molecule is CC1(C)C(=O)NCCN1C(=O)c1ccc2c(c1)C(=O)N(Cc1cccnc1)C2=O.O=C(O)C(F)(F)F. The quantitative estimate of drug-likeness (QED) is 0.607. The molecule has 0 aliphatic carbocycles. The number of pyridine rings is 1. The number of imide groups is 1. The number of fused-ring (bicyclic) bond motifs is 1. The first-order valence-corrected chi connectivity index (χ1v) is 10.5. The number of halogens is 3. The minimum absolute atomic E-state index is 0.114. The molecular formula is C23H21F3N4O6. The van der Waals surface area contributed by atoms with Crippen LogP contribution in [0.5, 0.6) is 0 Å². The molecule has 2 aromatic rings. The molecule has 1 saturated heterocycles. The van der Waals surface area contributed by atoms with Crippen LogP contribution in [-0.2, 0) is 16.1 Å². The van der Waals surface area contributed by atoms with Crippen molar-refractivity contribution in [2.75, 3.05) is 13.1 Å². The monoisotopic (exact) mass is 506 g/mol. The summed E-state index contributed by atoms with van der Waals surface area (Å²) in [6.07, 6.45) is -1.87. The molecule has 10 nitrogen and oxygen atoms in total. The van der Waals surface area contributed by atoms with Gasteiger partial charge in [0.25, 0.3) is 17.7 Å². The minimum Gasteiger partial charge on any atom is -0.475 e. The van der Waals surface area contributed by atoms with Crippen molar-refractivity contribution < 1.29 is 42.3 Å². The third kappa shape index (κ3) is 5.19. The zero-order valence-electron chi connectivity index (χ0n) is 19.1. The number of carbonyl (C=O) groups excluding carboxylic acids is 4. The number of nitrogens with one attached hydrogen (secondary N) is 1. The second-order valence-electron chi connectivity index (χ2n) is 8.39. The van der Waals surface area contributed by atoms with E-state index in [1.54, 1.807) is 38.4 Å². The van der Waals surface area contributed by atoms with Gasteiger partial charge in [0.15, 0.2) is 0 Å². The number of carbonyl (C=O) groups is 5. The molecule has 1 aromatic heterocycles. The van der Waals surface area contributed by atoms with E-state index >= 15 is 0 Å². The van der Waals surface area contributed by atoms with Crippen LogP contribution in [-0.4, -0.2) is 74.3 Å². The minimum atomic E-state index is -5.08. The normalized spacial score (nSPS) is 16.6. The van der Waals surface area contributed by atoms with Gasteiger partial charge in [-0.3, -0.25) is 29.1 Å². The van der Waals surface area contributed by atoms with Crippen molar-refractivity contribution in [2.24, 2.45) is 0 Å². The van der Waals surface area contributed by atoms with Gasteiger partial charge in [0.1, 0.15) is 5.54 Å². The van der Waals surface area contributed by atoms with E-state index in [1.165, 1.54) is 23.1 Å². The molecular weight excluding hydrogens is 485 g/mol. The number of aromatic nitrogens is 1. The zero-order valence-corrected chi connectivity index (χ0v) is 19.1. The first-order chi connectivity index (χ1) is 16.7. The van der Waals surface area contributed by atoms with Crippen LogP contribution in [0.15, 0.2) is 42.7 Å². The van der Waals surface area contributed by atoms with E-state index in [-0.39, 0.29) is 35.0 Å². The molecule has 4 rings (SSSR count). The van der Waals surface area contributed by atoms with Gasteiger partial charge in [-0.1, -0.05) is 6.07 Å². The average Bonchev–Trinajstić information content (AvgIpc) is 3.05. The Hall–Kier alpha value is -4.29. The summed E-state index contributed by atoms with van der Waals surface area (Å²) in [5.41, 5.74) is 0.478. The van der Waals surface area contributed by atoms with Crippen LogP contribution in [0.25, 0.3) is 0 Å². The first kappa shape index (κ1) is 26.3. The molecule has 3 heterocycles. The second-order valence-corrected chi connectivity index (χ2v) is 8.39. The predicted octanol–water partition coefficient (Wildman–Crippen LogP) is 1.86. The van der Waals surface area contributed by atoms with E-state index in [9.17, 15) is 32.3 Å². The van der Waals surface area contributed by atoms with E-state index < -0.39 is 29.5 Å². The molecule has 0 bridgehead atoms. The average molecular weight is 506 g/mol. The van der Waals surface area contributed by atoms with E-state index in [0.29, 0.717) is 13.1 Å². The summed E-state index contributed by atoms with van der Waals surface area (Å²) < 4.78 is 31.7. The van der Waals surface area contributed by atoms with Gasteiger partial charge in [-0.15, -0.1) is 0 Å². The molecule has 13 heteroatoms. The maximum atomic E-state index is 13.0. The van der Waals surface area contributed by atoms with Crippen LogP contribution < -0.4 is 5.32 Å². The van der Waals surface area contributed by atoms with Crippen molar-refractivity contribution in [1.29, 1.82) is 0 Å². The molecule has 2 aliphatic heterocycles. The maximum Gasteiger partial charge on any atom is 0.490 e. The van der Waals surface area contributed by atoms with E-state index in [2.05, 4.69) is 10.3 Å². The van der Waals surface area contributed by atoms with E-state index in [4.69, 9.17) is 9.90 Å². The van der Waals surface area contributed by atoms with Crippen LogP contribution in [0.3, 0.4) is 0 Å². The Kier molecular flexibility index (Phi) is 7.13. The van der Waals surface area contributed by atoms with Crippen molar-refractivity contribution in [3.05, 3.63) is 65.0 Å². The summed E-state index contributed by atoms with van der Waals surface area (Å²) in [4.78, 5) is 66.2. The molecule has 36 heavy (non-hydrogen) atoms. The Balaban J connectivity index is 0.000000454. The van der Waals surface area contributed by atoms with Crippen molar-refractivity contribution >= 4 is 29.6 Å². The molecule has 0 radical (unpaired) electrons. The Morgan fingerprint density at radius 3 is 2.33 bits per heavy atom. The second kappa shape index (κ2) is 9.76. The van der Waals surface area contributed by atoms with Crippen molar-refractivity contribution in [1.82, 2.24) is 20.1 Å². The number of rotatable bonds is 3. The molecule has 1 aromatic carbocycles. The number of amides is 4. The standard InChI is InChI=1S/C21H20N4O4.C2HF3O2/c1-21(2)20(29)23-8-9-25(21)17(26)14-5-6-15-16(10-14)19(28)24(18(15)27)12-13-4-3-7-22-11-13;3-2(4,5)1(6)7/h3-7,10-11H,8-9,12H2,1-2H3,(H,23,29);(H,6,7). The van der Waals surface area contributed by atoms with Gasteiger partial charge in [-0.2, -0.15) is 13.2 Å². The van der Waals surface area contributed by atoms with Gasteiger partial charge < -0.3 is 15.3 Å². The summed E-state index contributed by atoms with van der Waals surface area (Å²) in [7, 11) is 0. The molecule has 0 unspecified atom stereocenters. The van der Waals surface area contributed by atoms with E-state index in [1.807, 2.05) is 0 Å². The zero-order chi connectivity index (χ0) is 26.8. The number of piperazine rings is 1. The summed E-state index contributed by atoms with van der Waals surface area (Å²) in [5.74, 6) is -4.18. The number of hydrogen-bond donors (Lipinski definition) is 2. The number of carboxylic acids is 1. The Bertz CT molecular complexity index is 1230. The molecule has 4 amide bonds. The molecule has 0 atom stereocenters. The number of hydrogen-bond acceptors (Lipinski definition) is 6. The summed E-state index contributed by atoms with van der Waals surface area (Å²) >= 11 is 0. The number of carboxylic acid groups (broad SMARTS) is 1. The van der Waals surface area contributed by atoms with Crippen LogP contribution in [0.1, 0.15) is 50.5 Å². The molecule has 2 N–H and O–H groups in total. The van der Waals surface area contributed by atoms with Crippen molar-refractivity contribution in [2.45, 2.75) is 32.1 Å². The highest BCUT2D eigenvalue weighted by atomic mass is 19.4. The predicted molar refractivity (Wildman–Crippen MR) is 117 cm³/mol.